The van der Waals surface area contributed by atoms with Crippen molar-refractivity contribution in [3.05, 3.63) is 22.2 Å². The molecule has 2 atom stereocenters. The molecule has 3 rings (SSSR count). The van der Waals surface area contributed by atoms with Crippen molar-refractivity contribution >= 4 is 15.9 Å². The van der Waals surface area contributed by atoms with E-state index in [0.717, 1.165) is 34.4 Å². The molecule has 2 unspecified atom stereocenters. The zero-order valence-corrected chi connectivity index (χ0v) is 14.4. The molecule has 0 amide bonds. The Labute approximate surface area is 135 Å². The topological polar surface area (TPSA) is 30.5 Å². The van der Waals surface area contributed by atoms with E-state index in [1.165, 1.54) is 31.2 Å². The number of ether oxygens (including phenoxy) is 2. The third kappa shape index (κ3) is 3.37. The second-order valence-electron chi connectivity index (χ2n) is 6.48. The van der Waals surface area contributed by atoms with E-state index < -0.39 is 0 Å². The summed E-state index contributed by atoms with van der Waals surface area (Å²) in [5.41, 5.74) is 1.24. The van der Waals surface area contributed by atoms with Crippen LogP contribution in [0.5, 0.6) is 11.5 Å². The van der Waals surface area contributed by atoms with Gasteiger partial charge in [-0.15, -0.1) is 0 Å². The summed E-state index contributed by atoms with van der Waals surface area (Å²) in [5, 5.41) is 3.77. The first kappa shape index (κ1) is 15.2. The molecule has 116 valence electrons. The Balaban J connectivity index is 1.67. The second kappa shape index (κ2) is 6.57. The van der Waals surface area contributed by atoms with Gasteiger partial charge in [-0.2, -0.15) is 0 Å². The molecule has 3 nitrogen and oxygen atoms in total. The van der Waals surface area contributed by atoms with Gasteiger partial charge in [0.15, 0.2) is 11.5 Å². The largest absolute Gasteiger partial charge is 0.454 e. The van der Waals surface area contributed by atoms with Crippen LogP contribution >= 0.6 is 15.9 Å². The van der Waals surface area contributed by atoms with E-state index in [4.69, 9.17) is 9.47 Å². The fourth-order valence-corrected chi connectivity index (χ4v) is 4.01. The van der Waals surface area contributed by atoms with Crippen LogP contribution in [0, 0.1) is 11.8 Å². The Hall–Kier alpha value is -0.740. The molecule has 1 aromatic carbocycles. The van der Waals surface area contributed by atoms with Crippen LogP contribution in [0.3, 0.4) is 0 Å². The minimum atomic E-state index is 0.330. The Morgan fingerprint density at radius 1 is 1.19 bits per heavy atom. The average Bonchev–Trinajstić information content (AvgIpc) is 2.92. The third-order valence-corrected chi connectivity index (χ3v) is 5.51. The number of halogens is 1. The molecule has 0 bridgehead atoms. The van der Waals surface area contributed by atoms with Crippen LogP contribution in [0.1, 0.15) is 45.1 Å². The number of rotatable bonds is 4. The van der Waals surface area contributed by atoms with Gasteiger partial charge in [-0.25, -0.2) is 0 Å². The number of hydrogen-bond acceptors (Lipinski definition) is 3. The highest BCUT2D eigenvalue weighted by Crippen LogP contribution is 2.37. The van der Waals surface area contributed by atoms with E-state index in [1.807, 2.05) is 6.07 Å². The highest BCUT2D eigenvalue weighted by molar-refractivity contribution is 9.10. The van der Waals surface area contributed by atoms with Gasteiger partial charge in [0.05, 0.1) is 0 Å². The summed E-state index contributed by atoms with van der Waals surface area (Å²) in [5.74, 6) is 3.25. The molecule has 21 heavy (non-hydrogen) atoms. The molecule has 1 fully saturated rings. The lowest BCUT2D eigenvalue weighted by molar-refractivity contribution is 0.174. The zero-order chi connectivity index (χ0) is 14.8. The summed E-state index contributed by atoms with van der Waals surface area (Å²) < 4.78 is 12.0. The van der Waals surface area contributed by atoms with Gasteiger partial charge in [0.25, 0.3) is 0 Å². The SMILES string of the molecule is CC(C)C1CCCCC1NCc1cc2c(cc1Br)OCO2. The summed E-state index contributed by atoms with van der Waals surface area (Å²) in [6, 6.07) is 4.74. The molecular weight excluding hydrogens is 330 g/mol. The normalized spacial score (nSPS) is 24.6. The second-order valence-corrected chi connectivity index (χ2v) is 7.33. The maximum Gasteiger partial charge on any atom is 0.231 e. The molecule has 1 aromatic rings. The third-order valence-electron chi connectivity index (χ3n) is 4.77. The average molecular weight is 354 g/mol. The summed E-state index contributed by atoms with van der Waals surface area (Å²) >= 11 is 3.64. The molecular formula is C17H24BrNO2. The molecule has 0 radical (unpaired) electrons. The van der Waals surface area contributed by atoms with Gasteiger partial charge >= 0.3 is 0 Å². The van der Waals surface area contributed by atoms with Gasteiger partial charge in [0.2, 0.25) is 6.79 Å². The lowest BCUT2D eigenvalue weighted by Crippen LogP contribution is -2.40. The lowest BCUT2D eigenvalue weighted by Gasteiger charge is -2.35. The molecule has 2 aliphatic rings. The van der Waals surface area contributed by atoms with Crippen LogP contribution in [0.4, 0.5) is 0 Å². The van der Waals surface area contributed by atoms with Crippen molar-refractivity contribution in [2.75, 3.05) is 6.79 Å². The highest BCUT2D eigenvalue weighted by Gasteiger charge is 2.27. The highest BCUT2D eigenvalue weighted by atomic mass is 79.9. The first-order valence-electron chi connectivity index (χ1n) is 7.96. The first-order valence-corrected chi connectivity index (χ1v) is 8.76. The molecule has 1 aliphatic heterocycles. The predicted octanol–water partition coefficient (Wildman–Crippen LogP) is 4.48. The molecule has 1 N–H and O–H groups in total. The molecule has 0 saturated heterocycles. The molecule has 1 aliphatic carbocycles. The van der Waals surface area contributed by atoms with Crippen LogP contribution in [0.25, 0.3) is 0 Å². The van der Waals surface area contributed by atoms with Crippen molar-refractivity contribution < 1.29 is 9.47 Å². The van der Waals surface area contributed by atoms with E-state index in [1.54, 1.807) is 0 Å². The maximum atomic E-state index is 5.47. The van der Waals surface area contributed by atoms with Crippen molar-refractivity contribution in [1.29, 1.82) is 0 Å². The minimum Gasteiger partial charge on any atom is -0.454 e. The van der Waals surface area contributed by atoms with Gasteiger partial charge in [-0.05, 0) is 42.4 Å². The number of hydrogen-bond donors (Lipinski definition) is 1. The van der Waals surface area contributed by atoms with E-state index in [0.29, 0.717) is 12.8 Å². The molecule has 0 spiro atoms. The standard InChI is InChI=1S/C17H24BrNO2/c1-11(2)13-5-3-4-6-15(13)19-9-12-7-16-17(8-14(12)18)21-10-20-16/h7-8,11,13,15,19H,3-6,9-10H2,1-2H3. The Kier molecular flexibility index (Phi) is 4.75. The van der Waals surface area contributed by atoms with E-state index in [2.05, 4.69) is 41.2 Å². The van der Waals surface area contributed by atoms with Gasteiger partial charge in [-0.1, -0.05) is 42.6 Å². The van der Waals surface area contributed by atoms with E-state index in [-0.39, 0.29) is 0 Å². The summed E-state index contributed by atoms with van der Waals surface area (Å²) in [7, 11) is 0. The first-order chi connectivity index (χ1) is 10.1. The molecule has 1 heterocycles. The number of fused-ring (bicyclic) bond motifs is 1. The Bertz CT molecular complexity index is 504. The summed E-state index contributed by atoms with van der Waals surface area (Å²) in [6.45, 7) is 5.91. The van der Waals surface area contributed by atoms with Crippen molar-refractivity contribution in [3.63, 3.8) is 0 Å². The van der Waals surface area contributed by atoms with Crippen LogP contribution in [0.15, 0.2) is 16.6 Å². The predicted molar refractivity (Wildman–Crippen MR) is 87.7 cm³/mol. The van der Waals surface area contributed by atoms with Gasteiger partial charge in [-0.3, -0.25) is 0 Å². The summed E-state index contributed by atoms with van der Waals surface area (Å²) in [6.07, 6.45) is 5.39. The number of nitrogens with one attached hydrogen (secondary N) is 1. The fourth-order valence-electron chi connectivity index (χ4n) is 3.55. The quantitative estimate of drug-likeness (QED) is 0.865. The zero-order valence-electron chi connectivity index (χ0n) is 12.8. The molecule has 0 aromatic heterocycles. The van der Waals surface area contributed by atoms with Crippen molar-refractivity contribution in [3.8, 4) is 11.5 Å². The van der Waals surface area contributed by atoms with Gasteiger partial charge in [0, 0.05) is 17.1 Å². The van der Waals surface area contributed by atoms with Crippen LogP contribution < -0.4 is 14.8 Å². The minimum absolute atomic E-state index is 0.330. The van der Waals surface area contributed by atoms with Crippen LogP contribution in [0.2, 0.25) is 0 Å². The van der Waals surface area contributed by atoms with Crippen molar-refractivity contribution in [2.24, 2.45) is 11.8 Å². The Morgan fingerprint density at radius 3 is 2.67 bits per heavy atom. The summed E-state index contributed by atoms with van der Waals surface area (Å²) in [4.78, 5) is 0. The monoisotopic (exact) mass is 353 g/mol. The molecule has 4 heteroatoms. The van der Waals surface area contributed by atoms with Crippen molar-refractivity contribution in [2.45, 2.75) is 52.1 Å². The lowest BCUT2D eigenvalue weighted by atomic mass is 9.78. The van der Waals surface area contributed by atoms with Crippen molar-refractivity contribution in [1.82, 2.24) is 5.32 Å². The Morgan fingerprint density at radius 2 is 1.90 bits per heavy atom. The number of benzene rings is 1. The van der Waals surface area contributed by atoms with Crippen LogP contribution in [-0.4, -0.2) is 12.8 Å². The van der Waals surface area contributed by atoms with Gasteiger partial charge in [0.1, 0.15) is 0 Å². The van der Waals surface area contributed by atoms with E-state index in [9.17, 15) is 0 Å². The van der Waals surface area contributed by atoms with Gasteiger partial charge < -0.3 is 14.8 Å². The van der Waals surface area contributed by atoms with E-state index >= 15 is 0 Å². The molecule has 1 saturated carbocycles. The van der Waals surface area contributed by atoms with Crippen LogP contribution in [-0.2, 0) is 6.54 Å². The smallest absolute Gasteiger partial charge is 0.231 e. The maximum absolute atomic E-state index is 5.47. The fraction of sp³-hybridized carbons (Fsp3) is 0.647.